The molecule has 2 N–H and O–H groups in total. The number of nitrogens with two attached hydrogens (primary N) is 1. The number of rotatable bonds is 0. The lowest BCUT2D eigenvalue weighted by molar-refractivity contribution is 1.05. The maximum Gasteiger partial charge on any atom is 0.0675 e. The highest BCUT2D eigenvalue weighted by atomic mass is 32.1. The van der Waals surface area contributed by atoms with Crippen molar-refractivity contribution in [2.75, 3.05) is 5.73 Å². The summed E-state index contributed by atoms with van der Waals surface area (Å²) in [5, 5.41) is 10.0. The molecule has 0 amide bonds. The van der Waals surface area contributed by atoms with Crippen LogP contribution >= 0.6 is 11.3 Å². The van der Waals surface area contributed by atoms with Crippen molar-refractivity contribution < 1.29 is 0 Å². The Bertz CT molecular complexity index is 615. The van der Waals surface area contributed by atoms with Gasteiger partial charge in [0.1, 0.15) is 0 Å². The molecule has 0 bridgehead atoms. The van der Waals surface area contributed by atoms with Crippen LogP contribution in [0.25, 0.3) is 20.2 Å². The average molecular weight is 201 g/mol. The van der Waals surface area contributed by atoms with Gasteiger partial charge >= 0.3 is 0 Å². The Balaban J connectivity index is 2.58. The predicted molar refractivity (Wildman–Crippen MR) is 59.3 cm³/mol. The molecule has 2 heterocycles. The van der Waals surface area contributed by atoms with Gasteiger partial charge in [0.05, 0.1) is 17.1 Å². The number of hydrogen-bond donors (Lipinski definition) is 1. The van der Waals surface area contributed by atoms with Gasteiger partial charge in [-0.15, -0.1) is 11.3 Å². The number of aromatic nitrogens is 2. The molecule has 0 atom stereocenters. The van der Waals surface area contributed by atoms with E-state index in [1.165, 1.54) is 10.1 Å². The molecular formula is C10H7N3S. The zero-order chi connectivity index (χ0) is 9.54. The maximum absolute atomic E-state index is 5.74. The summed E-state index contributed by atoms with van der Waals surface area (Å²) in [6, 6.07) is 5.93. The van der Waals surface area contributed by atoms with Crippen LogP contribution in [0.5, 0.6) is 0 Å². The van der Waals surface area contributed by atoms with Crippen molar-refractivity contribution in [2.24, 2.45) is 0 Å². The molecule has 0 unspecified atom stereocenters. The van der Waals surface area contributed by atoms with Gasteiger partial charge in [-0.2, -0.15) is 10.2 Å². The number of nitrogen functional groups attached to an aromatic ring is 1. The van der Waals surface area contributed by atoms with E-state index in [-0.39, 0.29) is 0 Å². The third-order valence-electron chi connectivity index (χ3n) is 2.21. The lowest BCUT2D eigenvalue weighted by atomic mass is 10.2. The van der Waals surface area contributed by atoms with E-state index >= 15 is 0 Å². The first-order chi connectivity index (χ1) is 6.84. The van der Waals surface area contributed by atoms with E-state index in [1.807, 2.05) is 18.2 Å². The van der Waals surface area contributed by atoms with E-state index < -0.39 is 0 Å². The number of fused-ring (bicyclic) bond motifs is 3. The SMILES string of the molecule is Nc1ccc2sc3cnncc3c2c1. The quantitative estimate of drug-likeness (QED) is 0.568. The second kappa shape index (κ2) is 2.65. The molecule has 68 valence electrons. The summed E-state index contributed by atoms with van der Waals surface area (Å²) in [4.78, 5) is 0. The maximum atomic E-state index is 5.74. The Labute approximate surface area is 84.2 Å². The van der Waals surface area contributed by atoms with Gasteiger partial charge < -0.3 is 5.73 Å². The highest BCUT2D eigenvalue weighted by Crippen LogP contribution is 2.33. The van der Waals surface area contributed by atoms with Gasteiger partial charge in [-0.1, -0.05) is 0 Å². The highest BCUT2D eigenvalue weighted by Gasteiger charge is 2.04. The molecule has 0 radical (unpaired) electrons. The molecular weight excluding hydrogens is 194 g/mol. The minimum Gasteiger partial charge on any atom is -0.399 e. The van der Waals surface area contributed by atoms with Crippen molar-refractivity contribution in [2.45, 2.75) is 0 Å². The van der Waals surface area contributed by atoms with Crippen LogP contribution in [0.15, 0.2) is 30.6 Å². The van der Waals surface area contributed by atoms with E-state index in [2.05, 4.69) is 10.2 Å². The third-order valence-corrected chi connectivity index (χ3v) is 3.33. The monoisotopic (exact) mass is 201 g/mol. The van der Waals surface area contributed by atoms with Crippen LogP contribution in [0.3, 0.4) is 0 Å². The van der Waals surface area contributed by atoms with Crippen LogP contribution in [0, 0.1) is 0 Å². The number of benzene rings is 1. The van der Waals surface area contributed by atoms with Gasteiger partial charge in [-0.05, 0) is 18.2 Å². The van der Waals surface area contributed by atoms with Crippen LogP contribution in [-0.4, -0.2) is 10.2 Å². The molecule has 4 heteroatoms. The molecule has 0 saturated heterocycles. The number of nitrogens with zero attached hydrogens (tertiary/aromatic N) is 2. The van der Waals surface area contributed by atoms with Gasteiger partial charge in [0, 0.05) is 21.2 Å². The Kier molecular flexibility index (Phi) is 1.46. The van der Waals surface area contributed by atoms with Crippen molar-refractivity contribution >= 4 is 37.2 Å². The molecule has 3 aromatic rings. The average Bonchev–Trinajstić information content (AvgIpc) is 2.56. The van der Waals surface area contributed by atoms with Gasteiger partial charge in [0.15, 0.2) is 0 Å². The van der Waals surface area contributed by atoms with E-state index in [1.54, 1.807) is 23.7 Å². The van der Waals surface area contributed by atoms with E-state index in [4.69, 9.17) is 5.73 Å². The van der Waals surface area contributed by atoms with Crippen molar-refractivity contribution in [3.63, 3.8) is 0 Å². The van der Waals surface area contributed by atoms with Crippen molar-refractivity contribution in [1.29, 1.82) is 0 Å². The standard InChI is InChI=1S/C10H7N3S/c11-6-1-2-9-7(3-6)8-4-12-13-5-10(8)14-9/h1-5H,11H2. The lowest BCUT2D eigenvalue weighted by Crippen LogP contribution is -1.82. The fourth-order valence-electron chi connectivity index (χ4n) is 1.56. The molecule has 0 fully saturated rings. The van der Waals surface area contributed by atoms with Gasteiger partial charge in [-0.3, -0.25) is 0 Å². The lowest BCUT2D eigenvalue weighted by Gasteiger charge is -1.92. The Hall–Kier alpha value is -1.68. The molecule has 0 aliphatic carbocycles. The third kappa shape index (κ3) is 0.975. The minimum absolute atomic E-state index is 0.786. The molecule has 2 aromatic heterocycles. The fraction of sp³-hybridized carbons (Fsp3) is 0. The van der Waals surface area contributed by atoms with Crippen molar-refractivity contribution in [1.82, 2.24) is 10.2 Å². The molecule has 0 saturated carbocycles. The second-order valence-corrected chi connectivity index (χ2v) is 4.21. The summed E-state index contributed by atoms with van der Waals surface area (Å²) < 4.78 is 2.38. The van der Waals surface area contributed by atoms with Crippen molar-refractivity contribution in [3.05, 3.63) is 30.6 Å². The molecule has 0 spiro atoms. The fourth-order valence-corrected chi connectivity index (χ4v) is 2.58. The zero-order valence-electron chi connectivity index (χ0n) is 7.27. The second-order valence-electron chi connectivity index (χ2n) is 3.12. The Morgan fingerprint density at radius 2 is 1.86 bits per heavy atom. The highest BCUT2D eigenvalue weighted by molar-refractivity contribution is 7.25. The normalized spacial score (nSPS) is 11.1. The van der Waals surface area contributed by atoms with E-state index in [0.717, 1.165) is 15.8 Å². The number of thiophene rings is 1. The summed E-state index contributed by atoms with van der Waals surface area (Å²) in [6.07, 6.45) is 3.57. The predicted octanol–water partition coefficient (Wildman–Crippen LogP) is 2.43. The molecule has 1 aromatic carbocycles. The topological polar surface area (TPSA) is 51.8 Å². The summed E-state index contributed by atoms with van der Waals surface area (Å²) in [7, 11) is 0. The van der Waals surface area contributed by atoms with Crippen molar-refractivity contribution in [3.8, 4) is 0 Å². The van der Waals surface area contributed by atoms with Crippen LogP contribution in [0.2, 0.25) is 0 Å². The summed E-state index contributed by atoms with van der Waals surface area (Å²) >= 11 is 1.71. The van der Waals surface area contributed by atoms with E-state index in [9.17, 15) is 0 Å². The first-order valence-electron chi connectivity index (χ1n) is 4.23. The Morgan fingerprint density at radius 1 is 1.00 bits per heavy atom. The van der Waals surface area contributed by atoms with E-state index in [0.29, 0.717) is 0 Å². The molecule has 0 aliphatic heterocycles. The number of anilines is 1. The minimum atomic E-state index is 0.786. The van der Waals surface area contributed by atoms with Crippen LogP contribution < -0.4 is 5.73 Å². The summed E-state index contributed by atoms with van der Waals surface area (Å²) in [5.74, 6) is 0. The smallest absolute Gasteiger partial charge is 0.0675 e. The molecule has 3 nitrogen and oxygen atoms in total. The molecule has 14 heavy (non-hydrogen) atoms. The first-order valence-corrected chi connectivity index (χ1v) is 5.05. The molecule has 3 rings (SSSR count). The van der Waals surface area contributed by atoms with Crippen LogP contribution in [0.4, 0.5) is 5.69 Å². The van der Waals surface area contributed by atoms with Gasteiger partial charge in [-0.25, -0.2) is 0 Å². The first kappa shape index (κ1) is 7.70. The van der Waals surface area contributed by atoms with Crippen LogP contribution in [-0.2, 0) is 0 Å². The van der Waals surface area contributed by atoms with Gasteiger partial charge in [0.2, 0.25) is 0 Å². The van der Waals surface area contributed by atoms with Gasteiger partial charge in [0.25, 0.3) is 0 Å². The van der Waals surface area contributed by atoms with Crippen LogP contribution in [0.1, 0.15) is 0 Å². The summed E-state index contributed by atoms with van der Waals surface area (Å²) in [6.45, 7) is 0. The number of hydrogen-bond acceptors (Lipinski definition) is 4. The molecule has 0 aliphatic rings. The largest absolute Gasteiger partial charge is 0.399 e. The summed E-state index contributed by atoms with van der Waals surface area (Å²) in [5.41, 5.74) is 6.53. The Morgan fingerprint density at radius 3 is 2.79 bits per heavy atom. The zero-order valence-corrected chi connectivity index (χ0v) is 8.08.